The van der Waals surface area contributed by atoms with E-state index < -0.39 is 0 Å². The van der Waals surface area contributed by atoms with Crippen molar-refractivity contribution in [2.24, 2.45) is 0 Å². The molecule has 1 amide bonds. The van der Waals surface area contributed by atoms with Crippen LogP contribution < -0.4 is 0 Å². The molecule has 0 atom stereocenters. The fraction of sp³-hybridized carbons (Fsp3) is 0.385. The molecule has 1 heterocycles. The van der Waals surface area contributed by atoms with Crippen LogP contribution in [0, 0.1) is 0 Å². The Morgan fingerprint density at radius 3 is 2.47 bits per heavy atom. The van der Waals surface area contributed by atoms with Gasteiger partial charge in [-0.1, -0.05) is 23.7 Å². The number of rotatable bonds is 2. The maximum atomic E-state index is 11.8. The largest absolute Gasteiger partial charge is 0.338 e. The van der Waals surface area contributed by atoms with E-state index in [-0.39, 0.29) is 11.7 Å². The van der Waals surface area contributed by atoms with Crippen LogP contribution in [0.25, 0.3) is 0 Å². The third-order valence-electron chi connectivity index (χ3n) is 2.92. The van der Waals surface area contributed by atoms with E-state index >= 15 is 0 Å². The first kappa shape index (κ1) is 12.1. The van der Waals surface area contributed by atoms with Gasteiger partial charge in [0.2, 0.25) is 5.91 Å². The maximum absolute atomic E-state index is 11.8. The first-order valence-corrected chi connectivity index (χ1v) is 6.07. The Labute approximate surface area is 105 Å². The van der Waals surface area contributed by atoms with Crippen molar-refractivity contribution in [3.8, 4) is 0 Å². The molecule has 4 heteroatoms. The van der Waals surface area contributed by atoms with Gasteiger partial charge in [-0.05, 0) is 17.7 Å². The number of carbonyl (C=O) groups is 2. The summed E-state index contributed by atoms with van der Waals surface area (Å²) in [6, 6.07) is 7.43. The molecule has 1 aliphatic rings. The van der Waals surface area contributed by atoms with Crippen LogP contribution in [0.5, 0.6) is 0 Å². The van der Waals surface area contributed by atoms with Crippen LogP contribution in [0.4, 0.5) is 0 Å². The maximum Gasteiger partial charge on any atom is 0.223 e. The highest BCUT2D eigenvalue weighted by Gasteiger charge is 2.20. The molecular weight excluding hydrogens is 238 g/mol. The van der Waals surface area contributed by atoms with Crippen molar-refractivity contribution in [1.82, 2.24) is 4.90 Å². The van der Waals surface area contributed by atoms with Gasteiger partial charge < -0.3 is 4.90 Å². The lowest BCUT2D eigenvalue weighted by Crippen LogP contribution is -2.29. The normalized spacial score (nSPS) is 17.1. The molecule has 0 saturated carbocycles. The fourth-order valence-electron chi connectivity index (χ4n) is 1.89. The lowest BCUT2D eigenvalue weighted by atomic mass is 10.2. The molecule has 2 rings (SSSR count). The molecule has 0 N–H and O–H groups in total. The number of nitrogens with zero attached hydrogens (tertiary/aromatic N) is 1. The highest BCUT2D eigenvalue weighted by atomic mass is 35.5. The van der Waals surface area contributed by atoms with Crippen molar-refractivity contribution in [3.05, 3.63) is 34.9 Å². The molecule has 0 bridgehead atoms. The van der Waals surface area contributed by atoms with E-state index in [2.05, 4.69) is 0 Å². The number of ketones is 1. The van der Waals surface area contributed by atoms with E-state index in [0.29, 0.717) is 37.4 Å². The van der Waals surface area contributed by atoms with Gasteiger partial charge in [0.1, 0.15) is 5.78 Å². The molecule has 0 radical (unpaired) electrons. The zero-order chi connectivity index (χ0) is 12.3. The number of halogens is 1. The van der Waals surface area contributed by atoms with E-state index in [1.807, 2.05) is 24.3 Å². The summed E-state index contributed by atoms with van der Waals surface area (Å²) < 4.78 is 0. The molecule has 1 aliphatic heterocycles. The van der Waals surface area contributed by atoms with Crippen LogP contribution in [0.3, 0.4) is 0 Å². The Bertz CT molecular complexity index is 428. The molecule has 3 nitrogen and oxygen atoms in total. The number of likely N-dealkylation sites (tertiary alicyclic amines) is 1. The SMILES string of the molecule is O=C1CCC(=O)N(Cc2ccc(Cl)cc2)CC1. The number of amides is 1. The van der Waals surface area contributed by atoms with Gasteiger partial charge in [0.15, 0.2) is 0 Å². The second-order valence-electron chi connectivity index (χ2n) is 4.23. The molecule has 0 unspecified atom stereocenters. The molecule has 0 aliphatic carbocycles. The van der Waals surface area contributed by atoms with Gasteiger partial charge in [-0.15, -0.1) is 0 Å². The lowest BCUT2D eigenvalue weighted by Gasteiger charge is -2.20. The molecule has 0 spiro atoms. The quantitative estimate of drug-likeness (QED) is 0.810. The summed E-state index contributed by atoms with van der Waals surface area (Å²) in [6.45, 7) is 1.09. The summed E-state index contributed by atoms with van der Waals surface area (Å²) in [4.78, 5) is 24.8. The van der Waals surface area contributed by atoms with Crippen molar-refractivity contribution in [3.63, 3.8) is 0 Å². The van der Waals surface area contributed by atoms with Crippen molar-refractivity contribution in [2.75, 3.05) is 6.54 Å². The van der Waals surface area contributed by atoms with Crippen LogP contribution in [0.15, 0.2) is 24.3 Å². The number of hydrogen-bond donors (Lipinski definition) is 0. The Morgan fingerprint density at radius 2 is 1.76 bits per heavy atom. The third-order valence-corrected chi connectivity index (χ3v) is 3.17. The molecule has 90 valence electrons. The molecule has 17 heavy (non-hydrogen) atoms. The summed E-state index contributed by atoms with van der Waals surface area (Å²) in [6.07, 6.45) is 1.20. The molecule has 1 fully saturated rings. The first-order valence-electron chi connectivity index (χ1n) is 5.69. The number of hydrogen-bond acceptors (Lipinski definition) is 2. The van der Waals surface area contributed by atoms with Crippen LogP contribution in [0.2, 0.25) is 5.02 Å². The van der Waals surface area contributed by atoms with E-state index in [4.69, 9.17) is 11.6 Å². The Morgan fingerprint density at radius 1 is 1.06 bits per heavy atom. The predicted molar refractivity (Wildman–Crippen MR) is 65.7 cm³/mol. The van der Waals surface area contributed by atoms with Crippen molar-refractivity contribution >= 4 is 23.3 Å². The van der Waals surface area contributed by atoms with Gasteiger partial charge in [0.25, 0.3) is 0 Å². The summed E-state index contributed by atoms with van der Waals surface area (Å²) in [5.74, 6) is 0.239. The van der Waals surface area contributed by atoms with Gasteiger partial charge in [0, 0.05) is 37.4 Å². The van der Waals surface area contributed by atoms with Crippen LogP contribution >= 0.6 is 11.6 Å². The summed E-state index contributed by atoms with van der Waals surface area (Å²) in [7, 11) is 0. The van der Waals surface area contributed by atoms with Crippen molar-refractivity contribution in [2.45, 2.75) is 25.8 Å². The Kier molecular flexibility index (Phi) is 3.79. The molecule has 1 saturated heterocycles. The zero-order valence-corrected chi connectivity index (χ0v) is 10.2. The predicted octanol–water partition coefficient (Wildman–Crippen LogP) is 2.42. The standard InChI is InChI=1S/C13H14ClNO2/c14-11-3-1-10(2-4-11)9-15-8-7-12(16)5-6-13(15)17/h1-4H,5-9H2. The first-order chi connectivity index (χ1) is 8.15. The van der Waals surface area contributed by atoms with Crippen molar-refractivity contribution < 1.29 is 9.59 Å². The molecule has 1 aromatic rings. The van der Waals surface area contributed by atoms with Crippen LogP contribution in [-0.2, 0) is 16.1 Å². The lowest BCUT2D eigenvalue weighted by molar-refractivity contribution is -0.131. The average molecular weight is 252 g/mol. The monoisotopic (exact) mass is 251 g/mol. The summed E-state index contributed by atoms with van der Waals surface area (Å²) in [5.41, 5.74) is 1.04. The second-order valence-corrected chi connectivity index (χ2v) is 4.67. The number of benzene rings is 1. The van der Waals surface area contributed by atoms with Gasteiger partial charge in [-0.25, -0.2) is 0 Å². The topological polar surface area (TPSA) is 37.4 Å². The Hall–Kier alpha value is -1.35. The summed E-state index contributed by atoms with van der Waals surface area (Å²) >= 11 is 5.80. The molecule has 0 aromatic heterocycles. The summed E-state index contributed by atoms with van der Waals surface area (Å²) in [5, 5.41) is 0.686. The fourth-order valence-corrected chi connectivity index (χ4v) is 2.02. The minimum atomic E-state index is 0.0609. The highest BCUT2D eigenvalue weighted by Crippen LogP contribution is 2.15. The van der Waals surface area contributed by atoms with E-state index in [9.17, 15) is 9.59 Å². The molecular formula is C13H14ClNO2. The van der Waals surface area contributed by atoms with Gasteiger partial charge in [-0.2, -0.15) is 0 Å². The van der Waals surface area contributed by atoms with Gasteiger partial charge in [-0.3, -0.25) is 9.59 Å². The Balaban J connectivity index is 2.04. The van der Waals surface area contributed by atoms with Crippen LogP contribution in [-0.4, -0.2) is 23.1 Å². The number of Topliss-reactive ketones (excluding diaryl/α,β-unsaturated/α-hetero) is 1. The van der Waals surface area contributed by atoms with Crippen molar-refractivity contribution in [1.29, 1.82) is 0 Å². The van der Waals surface area contributed by atoms with E-state index in [1.165, 1.54) is 0 Å². The van der Waals surface area contributed by atoms with E-state index in [0.717, 1.165) is 5.56 Å². The molecule has 1 aromatic carbocycles. The smallest absolute Gasteiger partial charge is 0.223 e. The highest BCUT2D eigenvalue weighted by molar-refractivity contribution is 6.30. The number of carbonyl (C=O) groups excluding carboxylic acids is 2. The minimum absolute atomic E-state index is 0.0609. The van der Waals surface area contributed by atoms with E-state index in [1.54, 1.807) is 4.90 Å². The minimum Gasteiger partial charge on any atom is -0.338 e. The zero-order valence-electron chi connectivity index (χ0n) is 9.49. The third kappa shape index (κ3) is 3.30. The van der Waals surface area contributed by atoms with Gasteiger partial charge in [0.05, 0.1) is 0 Å². The van der Waals surface area contributed by atoms with Gasteiger partial charge >= 0.3 is 0 Å². The average Bonchev–Trinajstić information content (AvgIpc) is 2.47. The second kappa shape index (κ2) is 5.32. The van der Waals surface area contributed by atoms with Crippen LogP contribution in [0.1, 0.15) is 24.8 Å².